The Balaban J connectivity index is 2.13. The van der Waals surface area contributed by atoms with Crippen molar-refractivity contribution in [2.24, 2.45) is 5.73 Å². The molecule has 1 aliphatic rings. The minimum absolute atomic E-state index is 0.300. The molecule has 0 spiro atoms. The van der Waals surface area contributed by atoms with Crippen LogP contribution in [0.4, 0.5) is 0 Å². The van der Waals surface area contributed by atoms with Crippen molar-refractivity contribution in [3.05, 3.63) is 0 Å². The summed E-state index contributed by atoms with van der Waals surface area (Å²) in [6.07, 6.45) is 5.09. The van der Waals surface area contributed by atoms with Crippen molar-refractivity contribution in [2.75, 3.05) is 26.2 Å². The zero-order valence-electron chi connectivity index (χ0n) is 12.7. The Morgan fingerprint density at radius 1 is 1.20 bits per heavy atom. The van der Waals surface area contributed by atoms with Crippen LogP contribution >= 0.6 is 0 Å². The minimum atomic E-state index is -3.32. The van der Waals surface area contributed by atoms with Crippen molar-refractivity contribution in [2.45, 2.75) is 58.1 Å². The van der Waals surface area contributed by atoms with Gasteiger partial charge in [0.15, 0.2) is 0 Å². The van der Waals surface area contributed by atoms with Gasteiger partial charge >= 0.3 is 0 Å². The summed E-state index contributed by atoms with van der Waals surface area (Å²) < 4.78 is 33.5. The fourth-order valence-electron chi connectivity index (χ4n) is 2.43. The Labute approximate surface area is 123 Å². The molecule has 6 nitrogen and oxygen atoms in total. The molecule has 3 N–H and O–H groups in total. The number of hydrogen-bond acceptors (Lipinski definition) is 4. The predicted octanol–water partition coefficient (Wildman–Crippen LogP) is 0.839. The van der Waals surface area contributed by atoms with Gasteiger partial charge in [0.1, 0.15) is 0 Å². The van der Waals surface area contributed by atoms with E-state index in [0.29, 0.717) is 44.8 Å². The maximum Gasteiger partial charge on any atom is 0.279 e. The number of nitrogens with two attached hydrogens (primary N) is 1. The van der Waals surface area contributed by atoms with Gasteiger partial charge in [0, 0.05) is 32.3 Å². The van der Waals surface area contributed by atoms with Crippen LogP contribution in [0.2, 0.25) is 0 Å². The monoisotopic (exact) mass is 307 g/mol. The second-order valence-electron chi connectivity index (χ2n) is 5.24. The van der Waals surface area contributed by atoms with Crippen molar-refractivity contribution in [1.29, 1.82) is 0 Å². The van der Waals surface area contributed by atoms with E-state index in [1.807, 2.05) is 13.8 Å². The molecule has 1 fully saturated rings. The summed E-state index contributed by atoms with van der Waals surface area (Å²) in [5, 5.41) is 0. The number of nitrogens with zero attached hydrogens (tertiary/aromatic N) is 1. The van der Waals surface area contributed by atoms with Gasteiger partial charge in [-0.15, -0.1) is 0 Å². The summed E-state index contributed by atoms with van der Waals surface area (Å²) in [6.45, 7) is 5.67. The number of rotatable bonds is 9. The molecular weight excluding hydrogens is 278 g/mol. The molecule has 1 aliphatic carbocycles. The maximum atomic E-state index is 11.9. The molecule has 7 heteroatoms. The Morgan fingerprint density at radius 3 is 2.35 bits per heavy atom. The van der Waals surface area contributed by atoms with Gasteiger partial charge in [0.05, 0.1) is 6.10 Å². The SMILES string of the molecule is CCN(CC)S(=O)(=O)NCCCOC1CCC(N)CC1. The molecule has 0 amide bonds. The first kappa shape index (κ1) is 17.8. The molecule has 1 rings (SSSR count). The summed E-state index contributed by atoms with van der Waals surface area (Å²) >= 11 is 0. The van der Waals surface area contributed by atoms with E-state index in [0.717, 1.165) is 25.7 Å². The van der Waals surface area contributed by atoms with Crippen LogP contribution in [0.1, 0.15) is 46.0 Å². The predicted molar refractivity (Wildman–Crippen MR) is 80.6 cm³/mol. The van der Waals surface area contributed by atoms with E-state index in [1.54, 1.807) is 0 Å². The third-order valence-corrected chi connectivity index (χ3v) is 5.49. The van der Waals surface area contributed by atoms with Crippen LogP contribution in [0.25, 0.3) is 0 Å². The highest BCUT2D eigenvalue weighted by Crippen LogP contribution is 2.19. The van der Waals surface area contributed by atoms with E-state index in [9.17, 15) is 8.42 Å². The number of ether oxygens (including phenoxy) is 1. The molecule has 0 radical (unpaired) electrons. The standard InChI is InChI=1S/C13H29N3O3S/c1-3-16(4-2)20(17,18)15-10-5-11-19-13-8-6-12(14)7-9-13/h12-13,15H,3-11,14H2,1-2H3. The summed E-state index contributed by atoms with van der Waals surface area (Å²) in [5.74, 6) is 0. The lowest BCUT2D eigenvalue weighted by Gasteiger charge is -2.26. The largest absolute Gasteiger partial charge is 0.378 e. The molecule has 0 aliphatic heterocycles. The minimum Gasteiger partial charge on any atom is -0.378 e. The van der Waals surface area contributed by atoms with Crippen LogP contribution in [0.5, 0.6) is 0 Å². The quantitative estimate of drug-likeness (QED) is 0.618. The fourth-order valence-corrected chi connectivity index (χ4v) is 3.70. The Morgan fingerprint density at radius 2 is 1.80 bits per heavy atom. The second-order valence-corrected chi connectivity index (χ2v) is 7.00. The van der Waals surface area contributed by atoms with Crippen LogP contribution in [-0.4, -0.2) is 51.1 Å². The topological polar surface area (TPSA) is 84.7 Å². The van der Waals surface area contributed by atoms with Crippen molar-refractivity contribution < 1.29 is 13.2 Å². The molecule has 0 heterocycles. The Hall–Kier alpha value is -0.210. The third-order valence-electron chi connectivity index (χ3n) is 3.72. The van der Waals surface area contributed by atoms with Crippen LogP contribution in [-0.2, 0) is 14.9 Å². The summed E-state index contributed by atoms with van der Waals surface area (Å²) in [7, 11) is -3.32. The average molecular weight is 307 g/mol. The van der Waals surface area contributed by atoms with E-state index in [4.69, 9.17) is 10.5 Å². The normalized spacial score (nSPS) is 24.2. The van der Waals surface area contributed by atoms with Crippen molar-refractivity contribution in [3.63, 3.8) is 0 Å². The first-order chi connectivity index (χ1) is 9.49. The van der Waals surface area contributed by atoms with E-state index in [-0.39, 0.29) is 0 Å². The molecule has 0 atom stereocenters. The molecule has 0 bridgehead atoms. The zero-order valence-corrected chi connectivity index (χ0v) is 13.5. The maximum absolute atomic E-state index is 11.9. The van der Waals surface area contributed by atoms with E-state index in [1.165, 1.54) is 4.31 Å². The van der Waals surface area contributed by atoms with Gasteiger partial charge in [-0.2, -0.15) is 12.7 Å². The fraction of sp³-hybridized carbons (Fsp3) is 1.00. The molecular formula is C13H29N3O3S. The average Bonchev–Trinajstić information content (AvgIpc) is 2.41. The Bertz CT molecular complexity index is 350. The molecule has 0 saturated heterocycles. The summed E-state index contributed by atoms with van der Waals surface area (Å²) in [4.78, 5) is 0. The third kappa shape index (κ3) is 6.05. The van der Waals surface area contributed by atoms with Gasteiger partial charge in [-0.1, -0.05) is 13.8 Å². The number of hydrogen-bond donors (Lipinski definition) is 2. The van der Waals surface area contributed by atoms with Gasteiger partial charge in [-0.3, -0.25) is 0 Å². The number of nitrogens with one attached hydrogen (secondary N) is 1. The lowest BCUT2D eigenvalue weighted by atomic mass is 9.94. The van der Waals surface area contributed by atoms with Gasteiger partial charge in [-0.05, 0) is 32.1 Å². The van der Waals surface area contributed by atoms with Crippen LogP contribution in [0.3, 0.4) is 0 Å². The van der Waals surface area contributed by atoms with Crippen LogP contribution in [0.15, 0.2) is 0 Å². The highest BCUT2D eigenvalue weighted by Gasteiger charge is 2.19. The van der Waals surface area contributed by atoms with E-state index < -0.39 is 10.2 Å². The summed E-state index contributed by atoms with van der Waals surface area (Å²) in [6, 6.07) is 0.329. The molecule has 120 valence electrons. The molecule has 20 heavy (non-hydrogen) atoms. The van der Waals surface area contributed by atoms with Gasteiger partial charge in [0.2, 0.25) is 0 Å². The first-order valence-electron chi connectivity index (χ1n) is 7.61. The second kappa shape index (κ2) is 8.94. The van der Waals surface area contributed by atoms with Gasteiger partial charge < -0.3 is 10.5 Å². The highest BCUT2D eigenvalue weighted by molar-refractivity contribution is 7.87. The smallest absolute Gasteiger partial charge is 0.279 e. The molecule has 0 unspecified atom stereocenters. The van der Waals surface area contributed by atoms with Crippen molar-refractivity contribution in [1.82, 2.24) is 9.03 Å². The van der Waals surface area contributed by atoms with E-state index in [2.05, 4.69) is 4.72 Å². The molecule has 1 saturated carbocycles. The van der Waals surface area contributed by atoms with Crippen LogP contribution in [0, 0.1) is 0 Å². The first-order valence-corrected chi connectivity index (χ1v) is 9.05. The van der Waals surface area contributed by atoms with Gasteiger partial charge in [0.25, 0.3) is 10.2 Å². The lowest BCUT2D eigenvalue weighted by molar-refractivity contribution is 0.0245. The summed E-state index contributed by atoms with van der Waals surface area (Å²) in [5.41, 5.74) is 5.84. The molecule has 0 aromatic rings. The Kier molecular flexibility index (Phi) is 7.98. The zero-order chi connectivity index (χ0) is 15.0. The van der Waals surface area contributed by atoms with Crippen molar-refractivity contribution in [3.8, 4) is 0 Å². The molecule has 0 aromatic carbocycles. The van der Waals surface area contributed by atoms with Crippen LogP contribution < -0.4 is 10.5 Å². The van der Waals surface area contributed by atoms with Gasteiger partial charge in [-0.25, -0.2) is 4.72 Å². The highest BCUT2D eigenvalue weighted by atomic mass is 32.2. The van der Waals surface area contributed by atoms with Crippen molar-refractivity contribution >= 4 is 10.2 Å². The molecule has 0 aromatic heterocycles. The van der Waals surface area contributed by atoms with E-state index >= 15 is 0 Å². The lowest BCUT2D eigenvalue weighted by Crippen LogP contribution is -2.41.